The Morgan fingerprint density at radius 3 is 2.67 bits per heavy atom. The fraction of sp³-hybridized carbons (Fsp3) is 0.158. The number of halogens is 2. The van der Waals surface area contributed by atoms with Gasteiger partial charge in [-0.25, -0.2) is 4.68 Å². The lowest BCUT2D eigenvalue weighted by Crippen LogP contribution is -2.36. The smallest absolute Gasteiger partial charge is 0.266 e. The number of anilines is 2. The number of hydrogen-bond donors (Lipinski definition) is 3. The van der Waals surface area contributed by atoms with Crippen LogP contribution in [0.4, 0.5) is 11.5 Å². The molecule has 2 heterocycles. The molecule has 0 radical (unpaired) electrons. The van der Waals surface area contributed by atoms with Gasteiger partial charge in [0.05, 0.1) is 27.7 Å². The topological polar surface area (TPSA) is 93.2 Å². The summed E-state index contributed by atoms with van der Waals surface area (Å²) in [6, 6.07) is 10.6. The second-order valence-electron chi connectivity index (χ2n) is 6.57. The van der Waals surface area contributed by atoms with Gasteiger partial charge in [-0.15, -0.1) is 0 Å². The minimum Gasteiger partial charge on any atom is -0.383 e. The molecule has 8 heteroatoms. The molecule has 1 aliphatic heterocycles. The van der Waals surface area contributed by atoms with Gasteiger partial charge in [0.1, 0.15) is 5.82 Å². The standard InChI is InChI=1S/C19H16Cl2N4O2/c1-9-4-3-5-12(6-9)25-17(22)15(10(2)24-25)19(27)13-7-11(20)8-14(21)16(13)23-18(19)26/h3-8,27H,22H2,1-2H3,(H,23,26)/t19-/m1/s1. The second kappa shape index (κ2) is 5.99. The van der Waals surface area contributed by atoms with Crippen molar-refractivity contribution in [3.63, 3.8) is 0 Å². The third-order valence-corrected chi connectivity index (χ3v) is 5.23. The summed E-state index contributed by atoms with van der Waals surface area (Å²) in [5.41, 5.74) is 7.26. The molecule has 27 heavy (non-hydrogen) atoms. The number of aryl methyl sites for hydroxylation is 2. The zero-order valence-electron chi connectivity index (χ0n) is 14.5. The number of nitrogens with two attached hydrogens (primary N) is 1. The Kier molecular flexibility index (Phi) is 3.96. The highest BCUT2D eigenvalue weighted by atomic mass is 35.5. The number of aliphatic hydroxyl groups is 1. The molecule has 0 saturated carbocycles. The summed E-state index contributed by atoms with van der Waals surface area (Å²) >= 11 is 12.3. The van der Waals surface area contributed by atoms with Crippen LogP contribution in [-0.4, -0.2) is 20.8 Å². The predicted molar refractivity (Wildman–Crippen MR) is 106 cm³/mol. The number of nitrogen functional groups attached to an aromatic ring is 1. The summed E-state index contributed by atoms with van der Waals surface area (Å²) in [4.78, 5) is 12.8. The minimum absolute atomic E-state index is 0.166. The Bertz CT molecular complexity index is 1110. The largest absolute Gasteiger partial charge is 0.383 e. The van der Waals surface area contributed by atoms with Crippen LogP contribution in [0.25, 0.3) is 5.69 Å². The first-order valence-corrected chi connectivity index (χ1v) is 8.95. The van der Waals surface area contributed by atoms with Crippen molar-refractivity contribution in [1.29, 1.82) is 0 Å². The van der Waals surface area contributed by atoms with Crippen molar-refractivity contribution in [1.82, 2.24) is 9.78 Å². The first kappa shape index (κ1) is 17.9. The highest BCUT2D eigenvalue weighted by Crippen LogP contribution is 2.48. The van der Waals surface area contributed by atoms with E-state index in [0.29, 0.717) is 16.4 Å². The fourth-order valence-electron chi connectivity index (χ4n) is 3.51. The van der Waals surface area contributed by atoms with E-state index in [1.807, 2.05) is 31.2 Å². The molecular weight excluding hydrogens is 387 g/mol. The SMILES string of the molecule is Cc1cccc(-n2nc(C)c([C@@]3(O)C(=O)Nc4c(Cl)cc(Cl)cc43)c2N)c1. The lowest BCUT2D eigenvalue weighted by molar-refractivity contribution is -0.129. The van der Waals surface area contributed by atoms with Crippen LogP contribution in [-0.2, 0) is 10.4 Å². The number of rotatable bonds is 2. The average molecular weight is 403 g/mol. The van der Waals surface area contributed by atoms with Crippen molar-refractivity contribution in [2.24, 2.45) is 0 Å². The molecule has 0 saturated heterocycles. The van der Waals surface area contributed by atoms with Crippen LogP contribution in [0, 0.1) is 13.8 Å². The Balaban J connectivity index is 1.97. The molecule has 6 nitrogen and oxygen atoms in total. The van der Waals surface area contributed by atoms with Crippen LogP contribution in [0.2, 0.25) is 10.0 Å². The lowest BCUT2D eigenvalue weighted by Gasteiger charge is -2.21. The molecule has 4 N–H and O–H groups in total. The van der Waals surface area contributed by atoms with Crippen molar-refractivity contribution in [3.8, 4) is 5.69 Å². The third kappa shape index (κ3) is 2.52. The van der Waals surface area contributed by atoms with E-state index in [-0.39, 0.29) is 22.0 Å². The molecule has 0 bridgehead atoms. The fourth-order valence-corrected chi connectivity index (χ4v) is 4.05. The number of amides is 1. The van der Waals surface area contributed by atoms with Gasteiger partial charge in [-0.2, -0.15) is 5.10 Å². The van der Waals surface area contributed by atoms with Gasteiger partial charge < -0.3 is 16.2 Å². The van der Waals surface area contributed by atoms with Gasteiger partial charge in [0.15, 0.2) is 0 Å². The molecule has 0 unspecified atom stereocenters. The summed E-state index contributed by atoms with van der Waals surface area (Å²) in [5, 5.41) is 19.1. The van der Waals surface area contributed by atoms with Crippen molar-refractivity contribution >= 4 is 40.6 Å². The highest BCUT2D eigenvalue weighted by Gasteiger charge is 2.51. The molecule has 138 valence electrons. The molecule has 3 aromatic rings. The number of nitrogens with zero attached hydrogens (tertiary/aromatic N) is 2. The van der Waals surface area contributed by atoms with Crippen LogP contribution in [0.3, 0.4) is 0 Å². The van der Waals surface area contributed by atoms with Crippen LogP contribution in [0.15, 0.2) is 36.4 Å². The number of benzene rings is 2. The van der Waals surface area contributed by atoms with E-state index in [9.17, 15) is 9.90 Å². The zero-order valence-corrected chi connectivity index (χ0v) is 16.1. The maximum Gasteiger partial charge on any atom is 0.266 e. The average Bonchev–Trinajstić information content (AvgIpc) is 3.03. The van der Waals surface area contributed by atoms with Gasteiger partial charge >= 0.3 is 0 Å². The van der Waals surface area contributed by atoms with Gasteiger partial charge in [0.2, 0.25) is 5.60 Å². The molecule has 1 atom stereocenters. The van der Waals surface area contributed by atoms with E-state index in [1.54, 1.807) is 6.92 Å². The van der Waals surface area contributed by atoms with E-state index < -0.39 is 11.5 Å². The highest BCUT2D eigenvalue weighted by molar-refractivity contribution is 6.38. The van der Waals surface area contributed by atoms with Crippen LogP contribution in [0.5, 0.6) is 0 Å². The number of fused-ring (bicyclic) bond motifs is 1. The van der Waals surface area contributed by atoms with Crippen LogP contribution >= 0.6 is 23.2 Å². The zero-order chi connectivity index (χ0) is 19.5. The molecule has 0 fully saturated rings. The summed E-state index contributed by atoms with van der Waals surface area (Å²) in [5.74, 6) is -0.486. The molecule has 1 aliphatic rings. The van der Waals surface area contributed by atoms with E-state index in [4.69, 9.17) is 28.9 Å². The van der Waals surface area contributed by atoms with Gasteiger partial charge in [-0.1, -0.05) is 35.3 Å². The number of carbonyl (C=O) groups is 1. The summed E-state index contributed by atoms with van der Waals surface area (Å²) in [7, 11) is 0. The number of nitrogens with one attached hydrogen (secondary N) is 1. The first-order valence-electron chi connectivity index (χ1n) is 8.19. The summed E-state index contributed by atoms with van der Waals surface area (Å²) in [6.45, 7) is 3.64. The predicted octanol–water partition coefficient (Wildman–Crippen LogP) is 3.57. The molecule has 0 spiro atoms. The molecule has 4 rings (SSSR count). The van der Waals surface area contributed by atoms with Gasteiger partial charge in [-0.05, 0) is 43.7 Å². The Labute approximate surface area is 165 Å². The van der Waals surface area contributed by atoms with Crippen molar-refractivity contribution in [2.75, 3.05) is 11.1 Å². The minimum atomic E-state index is -2.04. The maximum absolute atomic E-state index is 12.8. The Morgan fingerprint density at radius 2 is 1.96 bits per heavy atom. The quantitative estimate of drug-likeness (QED) is 0.610. The number of hydrogen-bond acceptors (Lipinski definition) is 4. The van der Waals surface area contributed by atoms with Gasteiger partial charge in [0.25, 0.3) is 5.91 Å². The van der Waals surface area contributed by atoms with Gasteiger partial charge in [0, 0.05) is 10.6 Å². The van der Waals surface area contributed by atoms with Crippen molar-refractivity contribution in [2.45, 2.75) is 19.4 Å². The van der Waals surface area contributed by atoms with E-state index >= 15 is 0 Å². The maximum atomic E-state index is 12.8. The van der Waals surface area contributed by atoms with Crippen LogP contribution < -0.4 is 11.1 Å². The van der Waals surface area contributed by atoms with E-state index in [1.165, 1.54) is 16.8 Å². The summed E-state index contributed by atoms with van der Waals surface area (Å²) in [6.07, 6.45) is 0. The molecule has 1 aromatic heterocycles. The second-order valence-corrected chi connectivity index (χ2v) is 7.41. The van der Waals surface area contributed by atoms with E-state index in [2.05, 4.69) is 10.4 Å². The molecule has 0 aliphatic carbocycles. The lowest BCUT2D eigenvalue weighted by atomic mass is 9.87. The number of aromatic nitrogens is 2. The third-order valence-electron chi connectivity index (χ3n) is 4.72. The van der Waals surface area contributed by atoms with Gasteiger partial charge in [-0.3, -0.25) is 4.79 Å². The summed E-state index contributed by atoms with van der Waals surface area (Å²) < 4.78 is 1.51. The Morgan fingerprint density at radius 1 is 1.22 bits per heavy atom. The molecular formula is C19H16Cl2N4O2. The number of carbonyl (C=O) groups excluding carboxylic acids is 1. The van der Waals surface area contributed by atoms with Crippen molar-refractivity contribution < 1.29 is 9.90 Å². The van der Waals surface area contributed by atoms with Crippen LogP contribution in [0.1, 0.15) is 22.4 Å². The molecule has 1 amide bonds. The van der Waals surface area contributed by atoms with E-state index in [0.717, 1.165) is 11.3 Å². The first-order chi connectivity index (χ1) is 12.7. The molecule has 2 aromatic carbocycles. The monoisotopic (exact) mass is 402 g/mol. The Hall–Kier alpha value is -2.54. The normalized spacial score (nSPS) is 18.5. The van der Waals surface area contributed by atoms with Crippen molar-refractivity contribution in [3.05, 3.63) is 68.8 Å².